The minimum absolute atomic E-state index is 0.290. The van der Waals surface area contributed by atoms with Gasteiger partial charge in [0.25, 0.3) is 0 Å². The van der Waals surface area contributed by atoms with Gasteiger partial charge in [-0.3, -0.25) is 5.41 Å². The van der Waals surface area contributed by atoms with Crippen molar-refractivity contribution >= 4 is 5.90 Å². The van der Waals surface area contributed by atoms with Gasteiger partial charge in [-0.25, -0.2) is 0 Å². The van der Waals surface area contributed by atoms with E-state index in [2.05, 4.69) is 0 Å². The van der Waals surface area contributed by atoms with Crippen LogP contribution in [-0.4, -0.2) is 13.0 Å². The molecule has 0 aromatic heterocycles. The molecule has 0 bridgehead atoms. The number of ether oxygens (including phenoxy) is 1. The molecule has 2 heteroatoms. The van der Waals surface area contributed by atoms with E-state index in [1.807, 2.05) is 44.2 Å². The Morgan fingerprint density at radius 2 is 1.77 bits per heavy atom. The molecule has 1 aromatic carbocycles. The van der Waals surface area contributed by atoms with Crippen molar-refractivity contribution in [2.24, 2.45) is 0 Å². The smallest absolute Gasteiger partial charge is 0.190 e. The third kappa shape index (κ3) is 1.89. The van der Waals surface area contributed by atoms with Crippen LogP contribution in [0.2, 0.25) is 0 Å². The largest absolute Gasteiger partial charge is 0.484 e. The van der Waals surface area contributed by atoms with Crippen molar-refractivity contribution in [2.45, 2.75) is 19.3 Å². The molecule has 1 rings (SSSR count). The summed E-state index contributed by atoms with van der Waals surface area (Å²) in [6.45, 7) is 3.96. The van der Waals surface area contributed by atoms with Crippen LogP contribution in [-0.2, 0) is 10.2 Å². The van der Waals surface area contributed by atoms with Crippen LogP contribution in [0.5, 0.6) is 0 Å². The van der Waals surface area contributed by atoms with E-state index < -0.39 is 0 Å². The van der Waals surface area contributed by atoms with Gasteiger partial charge in [-0.2, -0.15) is 0 Å². The van der Waals surface area contributed by atoms with Gasteiger partial charge in [-0.05, 0) is 19.4 Å². The third-order valence-electron chi connectivity index (χ3n) is 2.27. The normalized spacial score (nSPS) is 11.0. The molecule has 0 saturated heterocycles. The van der Waals surface area contributed by atoms with Gasteiger partial charge < -0.3 is 4.74 Å². The van der Waals surface area contributed by atoms with Crippen LogP contribution in [0.4, 0.5) is 0 Å². The Labute approximate surface area is 79.1 Å². The van der Waals surface area contributed by atoms with Gasteiger partial charge in [0, 0.05) is 0 Å². The molecule has 0 aliphatic heterocycles. The van der Waals surface area contributed by atoms with Crippen molar-refractivity contribution in [2.75, 3.05) is 7.11 Å². The first-order valence-electron chi connectivity index (χ1n) is 4.27. The minimum atomic E-state index is -0.337. The number of hydrogen-bond donors (Lipinski definition) is 1. The molecule has 0 amide bonds. The van der Waals surface area contributed by atoms with Gasteiger partial charge in [-0.1, -0.05) is 30.3 Å². The summed E-state index contributed by atoms with van der Waals surface area (Å²) < 4.78 is 4.95. The van der Waals surface area contributed by atoms with Crippen molar-refractivity contribution in [1.82, 2.24) is 0 Å². The topological polar surface area (TPSA) is 33.1 Å². The molecule has 1 N–H and O–H groups in total. The molecule has 70 valence electrons. The fraction of sp³-hybridized carbons (Fsp3) is 0.364. The van der Waals surface area contributed by atoms with Crippen LogP contribution < -0.4 is 0 Å². The fourth-order valence-corrected chi connectivity index (χ4v) is 1.24. The second-order valence-electron chi connectivity index (χ2n) is 3.52. The highest BCUT2D eigenvalue weighted by Crippen LogP contribution is 2.24. The SMILES string of the molecule is COC(=N)C(C)(C)c1ccccc1. The predicted molar refractivity (Wildman–Crippen MR) is 54.2 cm³/mol. The van der Waals surface area contributed by atoms with Crippen molar-refractivity contribution in [1.29, 1.82) is 5.41 Å². The van der Waals surface area contributed by atoms with Crippen molar-refractivity contribution in [3.8, 4) is 0 Å². The predicted octanol–water partition coefficient (Wildman–Crippen LogP) is 2.59. The average molecular weight is 177 g/mol. The average Bonchev–Trinajstić information content (AvgIpc) is 2.18. The standard InChI is InChI=1S/C11H15NO/c1-11(2,10(12)13-3)9-7-5-4-6-8-9/h4-8,12H,1-3H3. The highest BCUT2D eigenvalue weighted by Gasteiger charge is 2.26. The van der Waals surface area contributed by atoms with E-state index in [4.69, 9.17) is 10.1 Å². The second-order valence-corrected chi connectivity index (χ2v) is 3.52. The van der Waals surface area contributed by atoms with E-state index in [9.17, 15) is 0 Å². The molecule has 0 spiro atoms. The summed E-state index contributed by atoms with van der Waals surface area (Å²) >= 11 is 0. The second kappa shape index (κ2) is 3.60. The molecule has 2 nitrogen and oxygen atoms in total. The van der Waals surface area contributed by atoms with Gasteiger partial charge in [0.15, 0.2) is 5.90 Å². The Bertz CT molecular complexity index is 290. The molecule has 0 radical (unpaired) electrons. The summed E-state index contributed by atoms with van der Waals surface area (Å²) in [5.74, 6) is 0.290. The lowest BCUT2D eigenvalue weighted by molar-refractivity contribution is 0.356. The molecule has 0 heterocycles. The van der Waals surface area contributed by atoms with E-state index in [0.717, 1.165) is 5.56 Å². The summed E-state index contributed by atoms with van der Waals surface area (Å²) in [5, 5.41) is 7.66. The molecule has 0 fully saturated rings. The van der Waals surface area contributed by atoms with E-state index >= 15 is 0 Å². The highest BCUT2D eigenvalue weighted by molar-refractivity contribution is 5.84. The van der Waals surface area contributed by atoms with Crippen molar-refractivity contribution in [3.63, 3.8) is 0 Å². The van der Waals surface area contributed by atoms with Gasteiger partial charge in [0.1, 0.15) is 0 Å². The number of nitrogens with one attached hydrogen (secondary N) is 1. The summed E-state index contributed by atoms with van der Waals surface area (Å²) in [5.41, 5.74) is 0.762. The maximum atomic E-state index is 7.66. The Morgan fingerprint density at radius 1 is 1.23 bits per heavy atom. The Hall–Kier alpha value is -1.31. The molecular formula is C11H15NO. The van der Waals surface area contributed by atoms with Gasteiger partial charge in [-0.15, -0.1) is 0 Å². The zero-order valence-corrected chi connectivity index (χ0v) is 8.29. The van der Waals surface area contributed by atoms with Crippen LogP contribution >= 0.6 is 0 Å². The zero-order chi connectivity index (χ0) is 9.90. The van der Waals surface area contributed by atoms with Crippen LogP contribution in [0, 0.1) is 5.41 Å². The molecule has 1 aromatic rings. The zero-order valence-electron chi connectivity index (χ0n) is 8.29. The van der Waals surface area contributed by atoms with Crippen LogP contribution in [0.25, 0.3) is 0 Å². The van der Waals surface area contributed by atoms with Crippen LogP contribution in [0.15, 0.2) is 30.3 Å². The van der Waals surface area contributed by atoms with E-state index in [0.29, 0.717) is 5.90 Å². The number of methoxy groups -OCH3 is 1. The first kappa shape index (κ1) is 9.78. The fourth-order valence-electron chi connectivity index (χ4n) is 1.24. The van der Waals surface area contributed by atoms with Gasteiger partial charge in [0.2, 0.25) is 0 Å². The molecule has 0 aliphatic rings. The Balaban J connectivity index is 3.00. The van der Waals surface area contributed by atoms with Crippen molar-refractivity contribution in [3.05, 3.63) is 35.9 Å². The summed E-state index contributed by atoms with van der Waals surface area (Å²) in [4.78, 5) is 0. The first-order chi connectivity index (χ1) is 6.09. The van der Waals surface area contributed by atoms with E-state index in [1.165, 1.54) is 7.11 Å². The molecule has 13 heavy (non-hydrogen) atoms. The van der Waals surface area contributed by atoms with Crippen molar-refractivity contribution < 1.29 is 4.74 Å². The molecule has 0 unspecified atom stereocenters. The van der Waals surface area contributed by atoms with Gasteiger partial charge in [0.05, 0.1) is 12.5 Å². The summed E-state index contributed by atoms with van der Waals surface area (Å²) in [6, 6.07) is 9.93. The van der Waals surface area contributed by atoms with E-state index in [-0.39, 0.29) is 5.41 Å². The lowest BCUT2D eigenvalue weighted by Gasteiger charge is -2.24. The Morgan fingerprint density at radius 3 is 2.23 bits per heavy atom. The lowest BCUT2D eigenvalue weighted by Crippen LogP contribution is -2.29. The Kier molecular flexibility index (Phi) is 2.71. The minimum Gasteiger partial charge on any atom is -0.484 e. The monoisotopic (exact) mass is 177 g/mol. The third-order valence-corrected chi connectivity index (χ3v) is 2.27. The van der Waals surface area contributed by atoms with Crippen LogP contribution in [0.1, 0.15) is 19.4 Å². The molecule has 0 atom stereocenters. The molecule has 0 saturated carbocycles. The quantitative estimate of drug-likeness (QED) is 0.546. The maximum absolute atomic E-state index is 7.66. The number of hydrogen-bond acceptors (Lipinski definition) is 2. The molecule has 0 aliphatic carbocycles. The summed E-state index contributed by atoms with van der Waals surface area (Å²) in [6.07, 6.45) is 0. The molecular weight excluding hydrogens is 162 g/mol. The van der Waals surface area contributed by atoms with Crippen LogP contribution in [0.3, 0.4) is 0 Å². The highest BCUT2D eigenvalue weighted by atomic mass is 16.5. The summed E-state index contributed by atoms with van der Waals surface area (Å²) in [7, 11) is 1.53. The van der Waals surface area contributed by atoms with Gasteiger partial charge >= 0.3 is 0 Å². The maximum Gasteiger partial charge on any atom is 0.190 e. The number of benzene rings is 1. The lowest BCUT2D eigenvalue weighted by atomic mass is 9.84. The first-order valence-corrected chi connectivity index (χ1v) is 4.27. The number of rotatable bonds is 2. The van der Waals surface area contributed by atoms with E-state index in [1.54, 1.807) is 0 Å².